The number of anilines is 3. The van der Waals surface area contributed by atoms with Gasteiger partial charge in [0.15, 0.2) is 28.5 Å². The number of benzene rings is 7. The Morgan fingerprint density at radius 2 is 1.21 bits per heavy atom. The summed E-state index contributed by atoms with van der Waals surface area (Å²) in [4.78, 5) is 86.6. The van der Waals surface area contributed by atoms with Gasteiger partial charge in [0, 0.05) is 71.2 Å². The predicted octanol–water partition coefficient (Wildman–Crippen LogP) is 14.8. The number of carbonyl (C=O) groups is 4. The Morgan fingerprint density at radius 3 is 1.85 bits per heavy atom. The van der Waals surface area contributed by atoms with Crippen LogP contribution in [0.5, 0.6) is 11.5 Å². The quantitative estimate of drug-likeness (QED) is 0.0187. The first-order chi connectivity index (χ1) is 54.5. The van der Waals surface area contributed by atoms with Crippen molar-refractivity contribution < 1.29 is 70.0 Å². The number of hydrogen-bond donors (Lipinski definition) is 3. The van der Waals surface area contributed by atoms with Crippen LogP contribution in [0.15, 0.2) is 212 Å². The first kappa shape index (κ1) is 79.5. The Labute approximate surface area is 649 Å². The molecule has 29 heteroatoms. The number of phosphoric acid groups is 1. The van der Waals surface area contributed by atoms with E-state index in [1.54, 1.807) is 116 Å². The van der Waals surface area contributed by atoms with Crippen LogP contribution in [-0.2, 0) is 47.0 Å². The summed E-state index contributed by atoms with van der Waals surface area (Å²) in [5.74, 6) is 0.0121. The fourth-order valence-electron chi connectivity index (χ4n) is 14.1. The van der Waals surface area contributed by atoms with E-state index < -0.39 is 82.9 Å². The zero-order valence-electron chi connectivity index (χ0n) is 62.7. The van der Waals surface area contributed by atoms with E-state index in [0.29, 0.717) is 93.9 Å². The number of carbonyl (C=O) groups excluding carboxylic acids is 4. The summed E-state index contributed by atoms with van der Waals surface area (Å²) in [6.45, 7) is 7.58. The minimum Gasteiger partial charge on any atom is -0.497 e. The molecule has 2 saturated heterocycles. The fraction of sp³-hybridized carbons (Fsp3) is 0.325. The highest BCUT2D eigenvalue weighted by molar-refractivity contribution is 7.48. The lowest BCUT2D eigenvalue weighted by Gasteiger charge is -2.37. The molecule has 0 bridgehead atoms. The highest BCUT2D eigenvalue weighted by Gasteiger charge is 2.49. The van der Waals surface area contributed by atoms with Gasteiger partial charge in [-0.2, -0.15) is 10.2 Å². The summed E-state index contributed by atoms with van der Waals surface area (Å²) in [7, 11) is -3.69. The number of unbranched alkanes of at least 4 members (excludes halogenated alkanes) is 3. The Bertz CT molecular complexity index is 5020. The molecule has 2 aliphatic heterocycles. The van der Waals surface area contributed by atoms with Crippen LogP contribution in [0, 0.1) is 11.3 Å². The van der Waals surface area contributed by atoms with Gasteiger partial charge in [-0.25, -0.2) is 29.0 Å². The van der Waals surface area contributed by atoms with Crippen LogP contribution in [0.2, 0.25) is 0 Å². The number of methoxy groups -OCH3 is 2. The first-order valence-electron chi connectivity index (χ1n) is 37.1. The number of amides is 2. The molecule has 3 aromatic heterocycles. The zero-order chi connectivity index (χ0) is 78.3. The molecular formula is C83H87N11O16P2. The summed E-state index contributed by atoms with van der Waals surface area (Å²) in [5.41, 5.74) is 3.26. The molecule has 8 atom stereocenters. The summed E-state index contributed by atoms with van der Waals surface area (Å²) < 4.78 is 87.9. The minimum atomic E-state index is -4.91. The third-order valence-corrected chi connectivity index (χ3v) is 23.1. The fourth-order valence-corrected chi connectivity index (χ4v) is 17.2. The third kappa shape index (κ3) is 18.1. The van der Waals surface area contributed by atoms with Crippen molar-refractivity contribution in [1.29, 1.82) is 5.26 Å². The van der Waals surface area contributed by atoms with Crippen molar-refractivity contribution in [3.63, 3.8) is 0 Å². The van der Waals surface area contributed by atoms with Crippen LogP contribution < -0.4 is 31.1 Å². The predicted molar refractivity (Wildman–Crippen MR) is 419 cm³/mol. The smallest absolute Gasteiger partial charge is 0.475 e. The Balaban J connectivity index is 0.834. The summed E-state index contributed by atoms with van der Waals surface area (Å²) in [5, 5.41) is 18.7. The molecule has 5 heterocycles. The molecule has 2 fully saturated rings. The van der Waals surface area contributed by atoms with Crippen LogP contribution in [0.3, 0.4) is 0 Å². The third-order valence-electron chi connectivity index (χ3n) is 19.5. The number of phosphoric ester groups is 1. The van der Waals surface area contributed by atoms with E-state index in [1.807, 2.05) is 117 Å². The number of nitrogens with zero attached hydrogens (tertiary/aromatic N) is 8. The molecule has 27 nitrogen and oxygen atoms in total. The average Bonchev–Trinajstić information content (AvgIpc) is 0.776. The van der Waals surface area contributed by atoms with Crippen molar-refractivity contribution in [2.45, 2.75) is 127 Å². The molecule has 2 unspecified atom stereocenters. The molecule has 0 spiro atoms. The molecule has 7 aromatic carbocycles. The van der Waals surface area contributed by atoms with E-state index in [9.17, 15) is 29.2 Å². The molecule has 0 saturated carbocycles. The van der Waals surface area contributed by atoms with Gasteiger partial charge in [-0.05, 0) is 118 Å². The van der Waals surface area contributed by atoms with Crippen molar-refractivity contribution in [3.8, 4) is 17.6 Å². The number of fused-ring (bicyclic) bond motifs is 3. The molecule has 3 aliphatic rings. The lowest BCUT2D eigenvalue weighted by molar-refractivity contribution is -0.0948. The van der Waals surface area contributed by atoms with Crippen molar-refractivity contribution in [3.05, 3.63) is 267 Å². The lowest BCUT2D eigenvalue weighted by Crippen LogP contribution is -2.38. The topological polar surface area (TPSA) is 319 Å². The molecule has 0 radical (unpaired) electrons. The molecule has 13 rings (SSSR count). The van der Waals surface area contributed by atoms with E-state index in [2.05, 4.69) is 37.0 Å². The van der Waals surface area contributed by atoms with Gasteiger partial charge >= 0.3 is 13.5 Å². The largest absolute Gasteiger partial charge is 0.497 e. The van der Waals surface area contributed by atoms with Crippen molar-refractivity contribution >= 4 is 68.2 Å². The molecule has 10 aromatic rings. The normalized spacial score (nSPS) is 18.2. The highest BCUT2D eigenvalue weighted by Crippen LogP contribution is 2.56. The maximum atomic E-state index is 16.5. The number of rotatable bonds is 36. The number of hydrogen-bond acceptors (Lipinski definition) is 23. The number of nitrogens with one attached hydrogen (secondary N) is 3. The van der Waals surface area contributed by atoms with Gasteiger partial charge in [0.1, 0.15) is 60.0 Å². The second-order valence-corrected chi connectivity index (χ2v) is 30.4. The average molecular weight is 1560 g/mol. The zero-order valence-corrected chi connectivity index (χ0v) is 64.5. The molecular weight excluding hydrogens is 1470 g/mol. The maximum Gasteiger partial charge on any atom is 0.475 e. The van der Waals surface area contributed by atoms with Gasteiger partial charge in [0.2, 0.25) is 0 Å². The number of aromatic nitrogens is 6. The van der Waals surface area contributed by atoms with E-state index in [4.69, 9.17) is 51.3 Å². The van der Waals surface area contributed by atoms with Gasteiger partial charge in [-0.15, -0.1) is 0 Å². The van der Waals surface area contributed by atoms with Gasteiger partial charge < -0.3 is 48.7 Å². The van der Waals surface area contributed by atoms with Crippen molar-refractivity contribution in [2.24, 2.45) is 0 Å². The van der Waals surface area contributed by atoms with E-state index in [-0.39, 0.29) is 85.5 Å². The van der Waals surface area contributed by atoms with E-state index in [1.165, 1.54) is 29.5 Å². The van der Waals surface area contributed by atoms with Crippen LogP contribution in [0.1, 0.15) is 154 Å². The molecule has 3 N–H and O–H groups in total. The second kappa shape index (κ2) is 36.7. The summed E-state index contributed by atoms with van der Waals surface area (Å²) in [6, 6.07) is 57.3. The molecule has 580 valence electrons. The van der Waals surface area contributed by atoms with Crippen LogP contribution in [-0.4, -0.2) is 141 Å². The summed E-state index contributed by atoms with van der Waals surface area (Å²) in [6.07, 6.45) is 0.0949. The SMILES string of the molecule is COc1ccc(C(OC[C@H]2O[C@@H](n3cnc4c(NC(=O)c5ccccc5)ncnc43)C[C@@H]2OP(=O)(OCCCCCCNc2cccc3c2C(=O)c2ccccc2C3=O)OC[C@H]2O[C@@H](n3ccc(NC(=O)c4ccccc4)nc3=O)C[C@@H]2OP(OCCC#N)N(C(C)C)C(C)C)(c2ccccc2)c2ccc(OC)cc2)cc1. The van der Waals surface area contributed by atoms with Crippen molar-refractivity contribution in [1.82, 2.24) is 33.7 Å². The van der Waals surface area contributed by atoms with Gasteiger partial charge in [0.25, 0.3) is 20.3 Å². The summed E-state index contributed by atoms with van der Waals surface area (Å²) >= 11 is 0. The lowest BCUT2D eigenvalue weighted by atomic mass is 9.80. The molecule has 1 aliphatic carbocycles. The van der Waals surface area contributed by atoms with Gasteiger partial charge in [0.05, 0.1) is 71.1 Å². The Morgan fingerprint density at radius 1 is 0.634 bits per heavy atom. The van der Waals surface area contributed by atoms with Crippen LogP contribution in [0.4, 0.5) is 17.3 Å². The van der Waals surface area contributed by atoms with E-state index in [0.717, 1.165) is 5.56 Å². The minimum absolute atomic E-state index is 0.000785. The first-order valence-corrected chi connectivity index (χ1v) is 39.7. The number of nitriles is 1. The Kier molecular flexibility index (Phi) is 26.1. The van der Waals surface area contributed by atoms with Gasteiger partial charge in [-0.1, -0.05) is 140 Å². The molecule has 2 amide bonds. The molecule has 112 heavy (non-hydrogen) atoms. The number of ketones is 2. The highest BCUT2D eigenvalue weighted by atomic mass is 31.2. The van der Waals surface area contributed by atoms with Crippen LogP contribution >= 0.6 is 16.3 Å². The second-order valence-electron chi connectivity index (χ2n) is 27.4. The Hall–Kier alpha value is -10.6. The van der Waals surface area contributed by atoms with Crippen molar-refractivity contribution in [2.75, 3.05) is 63.1 Å². The van der Waals surface area contributed by atoms with Crippen LogP contribution in [0.25, 0.3) is 11.2 Å². The maximum absolute atomic E-state index is 16.5. The van der Waals surface area contributed by atoms with E-state index >= 15 is 4.57 Å². The standard InChI is InChI=1S/C83H87N11O16P2/c1-54(2)94(55(3)4)111(104-46-23-43-84)109-67-48-72(92-45-42-71(90-82(92)99)89-80(97)56-24-12-9-13-25-56)108-70(67)51-106-112(100,105-47-21-8-7-20-44-85-66-33-22-32-65-74(66)77(96)64-31-19-18-30-63(64)76(65)95)110-68-49-73(93-53-88-75-78(86-52-87-79(75)93)91-81(98)57-26-14-10-15-27-57)107-69(68)50-103-83(58-28-16-11-17-29-58,59-34-38-61(101-5)39-35-59)60-36-40-62(102-6)41-37-60/h9-19,22,24-42,45,52-55,67-70,72-73,85H,7-8,20-21,23,44,46-51H2,1-6H3,(H,86,87,91,98)(H,89,90,97,99)/t67-,68-,69+,70+,72+,73+,111?,112?/m0/s1. The number of ether oxygens (including phenoxy) is 5. The number of imidazole rings is 1. The van der Waals surface area contributed by atoms with Gasteiger partial charge in [-0.3, -0.25) is 41.9 Å². The monoisotopic (exact) mass is 1560 g/mol.